The van der Waals surface area contributed by atoms with Crippen LogP contribution in [0.2, 0.25) is 0 Å². The SMILES string of the molecule is CC(C)C(NC(=O)c1ccc2c3c(ccc2c1)OC(c1ccccc1)(c1ccccc1)C=C3)C(=O)O. The molecule has 0 aliphatic carbocycles. The van der Waals surface area contributed by atoms with Gasteiger partial charge in [-0.05, 0) is 47.0 Å². The normalized spacial score (nSPS) is 14.6. The van der Waals surface area contributed by atoms with Crippen molar-refractivity contribution in [2.24, 2.45) is 5.92 Å². The van der Waals surface area contributed by atoms with Gasteiger partial charge in [0.1, 0.15) is 11.8 Å². The summed E-state index contributed by atoms with van der Waals surface area (Å²) in [4.78, 5) is 24.3. The van der Waals surface area contributed by atoms with Crippen LogP contribution < -0.4 is 10.1 Å². The average Bonchev–Trinajstić information content (AvgIpc) is 2.91. The number of benzene rings is 4. The van der Waals surface area contributed by atoms with Gasteiger partial charge in [0.05, 0.1) is 0 Å². The van der Waals surface area contributed by atoms with Crippen molar-refractivity contribution in [3.8, 4) is 5.75 Å². The molecular weight excluding hydrogens is 450 g/mol. The van der Waals surface area contributed by atoms with E-state index >= 15 is 0 Å². The molecule has 4 aromatic carbocycles. The lowest BCUT2D eigenvalue weighted by atomic mass is 9.83. The molecule has 0 saturated carbocycles. The van der Waals surface area contributed by atoms with Crippen molar-refractivity contribution in [1.29, 1.82) is 0 Å². The van der Waals surface area contributed by atoms with Gasteiger partial charge in [-0.3, -0.25) is 4.79 Å². The number of carboxylic acids is 1. The minimum atomic E-state index is -1.05. The minimum absolute atomic E-state index is 0.226. The van der Waals surface area contributed by atoms with Gasteiger partial charge < -0.3 is 15.2 Å². The van der Waals surface area contributed by atoms with E-state index in [4.69, 9.17) is 4.74 Å². The molecule has 1 heterocycles. The highest BCUT2D eigenvalue weighted by Crippen LogP contribution is 2.44. The predicted molar refractivity (Wildman–Crippen MR) is 141 cm³/mol. The van der Waals surface area contributed by atoms with E-state index in [0.29, 0.717) is 5.56 Å². The van der Waals surface area contributed by atoms with Crippen molar-refractivity contribution in [3.63, 3.8) is 0 Å². The summed E-state index contributed by atoms with van der Waals surface area (Å²) < 4.78 is 6.75. The van der Waals surface area contributed by atoms with E-state index in [2.05, 4.69) is 41.7 Å². The molecule has 0 aromatic heterocycles. The number of ether oxygens (including phenoxy) is 1. The first-order valence-electron chi connectivity index (χ1n) is 12.0. The third-order valence-electron chi connectivity index (χ3n) is 6.66. The van der Waals surface area contributed by atoms with Crippen LogP contribution in [-0.4, -0.2) is 23.0 Å². The molecule has 0 fully saturated rings. The Balaban J connectivity index is 1.53. The quantitative estimate of drug-likeness (QED) is 0.356. The number of amides is 1. The fraction of sp³-hybridized carbons (Fsp3) is 0.161. The maximum atomic E-state index is 12.8. The number of nitrogens with one attached hydrogen (secondary N) is 1. The lowest BCUT2D eigenvalue weighted by Crippen LogP contribution is -2.44. The Morgan fingerprint density at radius 3 is 2.08 bits per heavy atom. The molecule has 36 heavy (non-hydrogen) atoms. The highest BCUT2D eigenvalue weighted by Gasteiger charge is 2.37. The predicted octanol–water partition coefficient (Wildman–Crippen LogP) is 6.03. The van der Waals surface area contributed by atoms with Crippen molar-refractivity contribution in [3.05, 3.63) is 119 Å². The van der Waals surface area contributed by atoms with E-state index < -0.39 is 23.5 Å². The van der Waals surface area contributed by atoms with Gasteiger partial charge in [0.15, 0.2) is 5.60 Å². The summed E-state index contributed by atoms with van der Waals surface area (Å²) >= 11 is 0. The van der Waals surface area contributed by atoms with Crippen molar-refractivity contribution in [2.75, 3.05) is 0 Å². The van der Waals surface area contributed by atoms with Gasteiger partial charge in [0, 0.05) is 22.3 Å². The summed E-state index contributed by atoms with van der Waals surface area (Å²) in [6.07, 6.45) is 4.17. The summed E-state index contributed by atoms with van der Waals surface area (Å²) in [5, 5.41) is 13.9. The maximum absolute atomic E-state index is 12.8. The van der Waals surface area contributed by atoms with Gasteiger partial charge in [-0.25, -0.2) is 4.79 Å². The molecule has 2 N–H and O–H groups in total. The molecule has 0 saturated heterocycles. The van der Waals surface area contributed by atoms with Crippen LogP contribution in [0.15, 0.2) is 97.1 Å². The summed E-state index contributed by atoms with van der Waals surface area (Å²) in [6.45, 7) is 3.53. The van der Waals surface area contributed by atoms with Crippen molar-refractivity contribution in [2.45, 2.75) is 25.5 Å². The van der Waals surface area contributed by atoms with Crippen LogP contribution in [0.3, 0.4) is 0 Å². The third kappa shape index (κ3) is 4.13. The maximum Gasteiger partial charge on any atom is 0.326 e. The van der Waals surface area contributed by atoms with E-state index in [1.54, 1.807) is 26.0 Å². The molecule has 1 unspecified atom stereocenters. The van der Waals surface area contributed by atoms with Crippen LogP contribution in [0.1, 0.15) is 40.9 Å². The fourth-order valence-corrected chi connectivity index (χ4v) is 4.73. The second kappa shape index (κ2) is 9.34. The number of hydrogen-bond acceptors (Lipinski definition) is 3. The van der Waals surface area contributed by atoms with Crippen LogP contribution >= 0.6 is 0 Å². The molecule has 1 atom stereocenters. The zero-order valence-electron chi connectivity index (χ0n) is 20.1. The van der Waals surface area contributed by atoms with E-state index in [1.165, 1.54) is 0 Å². The fourth-order valence-electron chi connectivity index (χ4n) is 4.73. The van der Waals surface area contributed by atoms with Crippen molar-refractivity contribution in [1.82, 2.24) is 5.32 Å². The van der Waals surface area contributed by atoms with Gasteiger partial charge in [-0.15, -0.1) is 0 Å². The van der Waals surface area contributed by atoms with Crippen molar-refractivity contribution < 1.29 is 19.4 Å². The number of carbonyl (C=O) groups excluding carboxylic acids is 1. The lowest BCUT2D eigenvalue weighted by molar-refractivity contribution is -0.140. The van der Waals surface area contributed by atoms with E-state index in [9.17, 15) is 14.7 Å². The van der Waals surface area contributed by atoms with Gasteiger partial charge >= 0.3 is 5.97 Å². The minimum Gasteiger partial charge on any atom is -0.480 e. The second-order valence-corrected chi connectivity index (χ2v) is 9.35. The Morgan fingerprint density at radius 2 is 1.50 bits per heavy atom. The van der Waals surface area contributed by atoms with E-state index in [1.807, 2.05) is 54.6 Å². The van der Waals surface area contributed by atoms with Crippen LogP contribution in [0.25, 0.3) is 16.8 Å². The molecule has 5 nitrogen and oxygen atoms in total. The molecular formula is C31H27NO4. The van der Waals surface area contributed by atoms with Crippen LogP contribution in [-0.2, 0) is 10.4 Å². The van der Waals surface area contributed by atoms with Gasteiger partial charge in [0.2, 0.25) is 0 Å². The molecule has 0 radical (unpaired) electrons. The molecule has 1 aliphatic heterocycles. The Hall–Kier alpha value is -4.38. The molecule has 0 spiro atoms. The van der Waals surface area contributed by atoms with E-state index in [-0.39, 0.29) is 5.92 Å². The average molecular weight is 478 g/mol. The Kier molecular flexibility index (Phi) is 6.06. The lowest BCUT2D eigenvalue weighted by Gasteiger charge is -2.36. The number of hydrogen-bond donors (Lipinski definition) is 2. The number of rotatable bonds is 6. The summed E-state index contributed by atoms with van der Waals surface area (Å²) in [7, 11) is 0. The van der Waals surface area contributed by atoms with Crippen LogP contribution in [0.5, 0.6) is 5.75 Å². The number of aliphatic carboxylic acids is 1. The standard InChI is InChI=1S/C31H27NO4/c1-20(2)28(30(34)35)32-29(33)22-13-15-25-21(19-22)14-16-27-26(25)17-18-31(36-27,23-9-5-3-6-10-23)24-11-7-4-8-12-24/h3-20,28H,1-2H3,(H,32,33)(H,34,35). The van der Waals surface area contributed by atoms with Gasteiger partial charge in [-0.1, -0.05) is 86.6 Å². The topological polar surface area (TPSA) is 75.6 Å². The third-order valence-corrected chi connectivity index (χ3v) is 6.66. The summed E-state index contributed by atoms with van der Waals surface area (Å²) in [5.41, 5.74) is 2.66. The zero-order chi connectivity index (χ0) is 25.3. The number of fused-ring (bicyclic) bond motifs is 3. The van der Waals surface area contributed by atoms with Crippen LogP contribution in [0, 0.1) is 5.92 Å². The monoisotopic (exact) mass is 477 g/mol. The summed E-state index contributed by atoms with van der Waals surface area (Å²) in [6, 6.07) is 28.6. The highest BCUT2D eigenvalue weighted by atomic mass is 16.5. The first-order chi connectivity index (χ1) is 17.4. The molecule has 0 bridgehead atoms. The largest absolute Gasteiger partial charge is 0.480 e. The molecule has 4 aromatic rings. The van der Waals surface area contributed by atoms with Crippen LogP contribution in [0.4, 0.5) is 0 Å². The first-order valence-corrected chi connectivity index (χ1v) is 12.0. The number of carbonyl (C=O) groups is 2. The second-order valence-electron chi connectivity index (χ2n) is 9.35. The summed E-state index contributed by atoms with van der Waals surface area (Å²) in [5.74, 6) is -0.929. The smallest absolute Gasteiger partial charge is 0.326 e. The Morgan fingerprint density at radius 1 is 0.861 bits per heavy atom. The van der Waals surface area contributed by atoms with Gasteiger partial charge in [0.25, 0.3) is 5.91 Å². The van der Waals surface area contributed by atoms with E-state index in [0.717, 1.165) is 33.2 Å². The molecule has 180 valence electrons. The molecule has 1 aliphatic rings. The number of carboxylic acid groups (broad SMARTS) is 1. The van der Waals surface area contributed by atoms with Gasteiger partial charge in [-0.2, -0.15) is 0 Å². The Labute approximate surface area is 210 Å². The van der Waals surface area contributed by atoms with Crippen molar-refractivity contribution >= 4 is 28.7 Å². The highest BCUT2D eigenvalue weighted by molar-refractivity contribution is 6.02. The molecule has 5 heteroatoms. The Bertz CT molecular complexity index is 1420. The first kappa shape index (κ1) is 23.4. The zero-order valence-corrected chi connectivity index (χ0v) is 20.1. The molecule has 1 amide bonds. The molecule has 5 rings (SSSR count).